The van der Waals surface area contributed by atoms with Crippen LogP contribution in [0.15, 0.2) is 72.4 Å². The van der Waals surface area contributed by atoms with Gasteiger partial charge in [-0.2, -0.15) is 0 Å². The first-order valence-corrected chi connectivity index (χ1v) is 11.7. The Morgan fingerprint density at radius 3 is 2.51 bits per heavy atom. The van der Waals surface area contributed by atoms with Crippen LogP contribution in [0.2, 0.25) is 5.02 Å². The van der Waals surface area contributed by atoms with E-state index in [2.05, 4.69) is 10.6 Å². The summed E-state index contributed by atoms with van der Waals surface area (Å²) in [6.07, 6.45) is 1.46. The monoisotopic (exact) mass is 523 g/mol. The van der Waals surface area contributed by atoms with Crippen LogP contribution in [0.3, 0.4) is 0 Å². The molecule has 4 rings (SSSR count). The molecule has 1 aliphatic rings. The third-order valence-corrected chi connectivity index (χ3v) is 5.54. The average molecular weight is 524 g/mol. The fourth-order valence-corrected chi connectivity index (χ4v) is 3.86. The standard InChI is InChI=1S/C27H23ClFN3O5/c1-2-36-23-14-18(12-21(28)25(23)37-16-24(33)30-20-6-4-3-5-7-20)13-22-26(34)32(27(35)31-22)15-17-8-10-19(29)11-9-17/h3-14H,2,15-16H2,1H3,(H,30,33)(H,31,35)/b22-13+. The fraction of sp³-hybridized carbons (Fsp3) is 0.148. The van der Waals surface area contributed by atoms with Crippen LogP contribution in [0.4, 0.5) is 14.9 Å². The molecule has 0 saturated carbocycles. The molecule has 37 heavy (non-hydrogen) atoms. The van der Waals surface area contributed by atoms with Gasteiger partial charge in [0.25, 0.3) is 11.8 Å². The van der Waals surface area contributed by atoms with Crippen LogP contribution in [0, 0.1) is 5.82 Å². The molecule has 1 heterocycles. The Labute approximate surface area is 217 Å². The van der Waals surface area contributed by atoms with Gasteiger partial charge in [0.05, 0.1) is 18.2 Å². The van der Waals surface area contributed by atoms with Gasteiger partial charge >= 0.3 is 6.03 Å². The minimum Gasteiger partial charge on any atom is -0.490 e. The lowest BCUT2D eigenvalue weighted by Gasteiger charge is -2.14. The zero-order chi connectivity index (χ0) is 26.4. The van der Waals surface area contributed by atoms with Crippen molar-refractivity contribution in [3.8, 4) is 11.5 Å². The number of hydrogen-bond donors (Lipinski definition) is 2. The molecule has 4 amide bonds. The number of urea groups is 1. The molecule has 0 bridgehead atoms. The second-order valence-corrected chi connectivity index (χ2v) is 8.38. The van der Waals surface area contributed by atoms with Crippen molar-refractivity contribution in [2.45, 2.75) is 13.5 Å². The summed E-state index contributed by atoms with van der Waals surface area (Å²) in [4.78, 5) is 38.5. The molecular formula is C27H23ClFN3O5. The molecule has 10 heteroatoms. The van der Waals surface area contributed by atoms with Crippen molar-refractivity contribution < 1.29 is 28.2 Å². The SMILES string of the molecule is CCOc1cc(/C=C2/NC(=O)N(Cc3ccc(F)cc3)C2=O)cc(Cl)c1OCC(=O)Nc1ccccc1. The largest absolute Gasteiger partial charge is 0.490 e. The van der Waals surface area contributed by atoms with Gasteiger partial charge in [0.2, 0.25) is 0 Å². The maximum absolute atomic E-state index is 13.2. The van der Waals surface area contributed by atoms with Gasteiger partial charge in [0.15, 0.2) is 18.1 Å². The van der Waals surface area contributed by atoms with Crippen molar-refractivity contribution in [3.63, 3.8) is 0 Å². The van der Waals surface area contributed by atoms with Crippen molar-refractivity contribution in [2.75, 3.05) is 18.5 Å². The summed E-state index contributed by atoms with van der Waals surface area (Å²) in [6.45, 7) is 1.76. The Balaban J connectivity index is 1.49. The number of para-hydroxylation sites is 1. The number of nitrogens with one attached hydrogen (secondary N) is 2. The molecular weight excluding hydrogens is 501 g/mol. The van der Waals surface area contributed by atoms with Crippen LogP contribution in [-0.4, -0.2) is 36.0 Å². The maximum Gasteiger partial charge on any atom is 0.329 e. The summed E-state index contributed by atoms with van der Waals surface area (Å²) in [5, 5.41) is 5.41. The highest BCUT2D eigenvalue weighted by Gasteiger charge is 2.33. The van der Waals surface area contributed by atoms with E-state index in [0.29, 0.717) is 23.4 Å². The van der Waals surface area contributed by atoms with E-state index in [4.69, 9.17) is 21.1 Å². The first kappa shape index (κ1) is 25.7. The molecule has 1 aliphatic heterocycles. The molecule has 0 unspecified atom stereocenters. The Bertz CT molecular complexity index is 1350. The summed E-state index contributed by atoms with van der Waals surface area (Å²) in [7, 11) is 0. The van der Waals surface area contributed by atoms with Crippen LogP contribution in [0.1, 0.15) is 18.1 Å². The molecule has 0 spiro atoms. The van der Waals surface area contributed by atoms with E-state index in [0.717, 1.165) is 4.90 Å². The van der Waals surface area contributed by atoms with Gasteiger partial charge in [0.1, 0.15) is 11.5 Å². The van der Waals surface area contributed by atoms with Crippen molar-refractivity contribution in [2.24, 2.45) is 0 Å². The summed E-state index contributed by atoms with van der Waals surface area (Å²) < 4.78 is 24.5. The van der Waals surface area contributed by atoms with Gasteiger partial charge in [0, 0.05) is 5.69 Å². The van der Waals surface area contributed by atoms with Crippen molar-refractivity contribution in [1.29, 1.82) is 0 Å². The Morgan fingerprint density at radius 2 is 1.81 bits per heavy atom. The first-order valence-electron chi connectivity index (χ1n) is 11.4. The molecule has 2 N–H and O–H groups in total. The number of amides is 4. The molecule has 0 radical (unpaired) electrons. The Hall–Kier alpha value is -4.37. The predicted octanol–water partition coefficient (Wildman–Crippen LogP) is 4.99. The van der Waals surface area contributed by atoms with Crippen molar-refractivity contribution in [1.82, 2.24) is 10.2 Å². The van der Waals surface area contributed by atoms with Gasteiger partial charge in [-0.15, -0.1) is 0 Å². The minimum atomic E-state index is -0.596. The molecule has 1 saturated heterocycles. The number of benzene rings is 3. The number of carbonyl (C=O) groups is 3. The zero-order valence-electron chi connectivity index (χ0n) is 19.8. The number of halogens is 2. The van der Waals surface area contributed by atoms with E-state index >= 15 is 0 Å². The van der Waals surface area contributed by atoms with Crippen molar-refractivity contribution >= 4 is 41.2 Å². The van der Waals surface area contributed by atoms with Crippen LogP contribution >= 0.6 is 11.6 Å². The summed E-state index contributed by atoms with van der Waals surface area (Å²) in [5.74, 6) is -0.881. The third kappa shape index (κ3) is 6.45. The fourth-order valence-electron chi connectivity index (χ4n) is 3.58. The second-order valence-electron chi connectivity index (χ2n) is 7.97. The van der Waals surface area contributed by atoms with E-state index in [1.54, 1.807) is 37.3 Å². The predicted molar refractivity (Wildman–Crippen MR) is 137 cm³/mol. The van der Waals surface area contributed by atoms with E-state index in [1.807, 2.05) is 6.07 Å². The molecule has 3 aromatic rings. The first-order chi connectivity index (χ1) is 17.8. The quantitative estimate of drug-likeness (QED) is 0.304. The number of rotatable bonds is 9. The summed E-state index contributed by atoms with van der Waals surface area (Å²) in [6, 6.07) is 17.0. The number of nitrogens with zero attached hydrogens (tertiary/aromatic N) is 1. The Kier molecular flexibility index (Phi) is 8.05. The van der Waals surface area contributed by atoms with Crippen LogP contribution < -0.4 is 20.1 Å². The molecule has 1 fully saturated rings. The van der Waals surface area contributed by atoms with Crippen LogP contribution in [0.5, 0.6) is 11.5 Å². The number of imide groups is 1. The third-order valence-electron chi connectivity index (χ3n) is 5.26. The number of anilines is 1. The van der Waals surface area contributed by atoms with Crippen molar-refractivity contribution in [3.05, 3.63) is 94.4 Å². The molecule has 8 nitrogen and oxygen atoms in total. The molecule has 0 aromatic heterocycles. The summed E-state index contributed by atoms with van der Waals surface area (Å²) >= 11 is 6.43. The maximum atomic E-state index is 13.2. The highest BCUT2D eigenvalue weighted by molar-refractivity contribution is 6.32. The van der Waals surface area contributed by atoms with Crippen LogP contribution in [-0.2, 0) is 16.1 Å². The average Bonchev–Trinajstić information content (AvgIpc) is 3.13. The second kappa shape index (κ2) is 11.6. The Morgan fingerprint density at radius 1 is 1.08 bits per heavy atom. The van der Waals surface area contributed by atoms with Gasteiger partial charge < -0.3 is 20.1 Å². The normalized spacial score (nSPS) is 14.0. The summed E-state index contributed by atoms with van der Waals surface area (Å²) in [5.41, 5.74) is 1.75. The van der Waals surface area contributed by atoms with Gasteiger partial charge in [-0.25, -0.2) is 9.18 Å². The van der Waals surface area contributed by atoms with Gasteiger partial charge in [-0.1, -0.05) is 41.9 Å². The zero-order valence-corrected chi connectivity index (χ0v) is 20.5. The van der Waals surface area contributed by atoms with Gasteiger partial charge in [-0.05, 0) is 60.5 Å². The van der Waals surface area contributed by atoms with E-state index < -0.39 is 17.8 Å². The van der Waals surface area contributed by atoms with E-state index in [-0.39, 0.29) is 41.3 Å². The minimum absolute atomic E-state index is 0.00887. The van der Waals surface area contributed by atoms with Crippen LogP contribution in [0.25, 0.3) is 6.08 Å². The lowest BCUT2D eigenvalue weighted by atomic mass is 10.1. The van der Waals surface area contributed by atoms with E-state index in [1.165, 1.54) is 36.4 Å². The lowest BCUT2D eigenvalue weighted by Crippen LogP contribution is -2.30. The smallest absolute Gasteiger partial charge is 0.329 e. The highest BCUT2D eigenvalue weighted by atomic mass is 35.5. The van der Waals surface area contributed by atoms with E-state index in [9.17, 15) is 18.8 Å². The lowest BCUT2D eigenvalue weighted by molar-refractivity contribution is -0.123. The molecule has 3 aromatic carbocycles. The highest BCUT2D eigenvalue weighted by Crippen LogP contribution is 2.37. The topological polar surface area (TPSA) is 97.0 Å². The molecule has 0 aliphatic carbocycles. The molecule has 190 valence electrons. The van der Waals surface area contributed by atoms with Gasteiger partial charge in [-0.3, -0.25) is 14.5 Å². The number of carbonyl (C=O) groups excluding carboxylic acids is 3. The number of ether oxygens (including phenoxy) is 2. The number of hydrogen-bond acceptors (Lipinski definition) is 5. The molecule has 0 atom stereocenters.